The van der Waals surface area contributed by atoms with Gasteiger partial charge in [-0.3, -0.25) is 4.79 Å². The van der Waals surface area contributed by atoms with E-state index in [9.17, 15) is 4.79 Å². The van der Waals surface area contributed by atoms with Crippen molar-refractivity contribution in [1.82, 2.24) is 14.9 Å². The Balaban J connectivity index is 1.78. The number of rotatable bonds is 3. The molecular weight excluding hydrogens is 310 g/mol. The summed E-state index contributed by atoms with van der Waals surface area (Å²) in [5.74, 6) is 6.46. The Labute approximate surface area is 131 Å². The number of aryl methyl sites for hydroxylation is 1. The molecule has 110 valence electrons. The number of nitrogen functional groups attached to an aromatic ring is 1. The molecule has 0 unspecified atom stereocenters. The average molecular weight is 324 g/mol. The zero-order chi connectivity index (χ0) is 15.0. The third-order valence-corrected chi connectivity index (χ3v) is 4.91. The molecule has 1 saturated heterocycles. The molecule has 1 atom stereocenters. The Morgan fingerprint density at radius 2 is 2.14 bits per heavy atom. The van der Waals surface area contributed by atoms with Gasteiger partial charge in [0.05, 0.1) is 16.0 Å². The SMILES string of the molecule is Cc1nnc(S[C@H]2CCN(c3ccccc3Cl)C2=O)n1N. The summed E-state index contributed by atoms with van der Waals surface area (Å²) in [7, 11) is 0. The van der Waals surface area contributed by atoms with Gasteiger partial charge in [-0.2, -0.15) is 0 Å². The Morgan fingerprint density at radius 1 is 1.38 bits per heavy atom. The second-order valence-electron chi connectivity index (χ2n) is 4.74. The molecule has 1 aromatic heterocycles. The van der Waals surface area contributed by atoms with E-state index < -0.39 is 0 Å². The number of aromatic nitrogens is 3. The average Bonchev–Trinajstić information content (AvgIpc) is 2.98. The predicted molar refractivity (Wildman–Crippen MR) is 83.0 cm³/mol. The molecule has 2 N–H and O–H groups in total. The number of hydrogen-bond donors (Lipinski definition) is 1. The molecule has 6 nitrogen and oxygen atoms in total. The summed E-state index contributed by atoms with van der Waals surface area (Å²) in [5.41, 5.74) is 0.748. The first-order valence-electron chi connectivity index (χ1n) is 6.47. The van der Waals surface area contributed by atoms with E-state index >= 15 is 0 Å². The molecule has 8 heteroatoms. The van der Waals surface area contributed by atoms with Gasteiger partial charge in [-0.1, -0.05) is 35.5 Å². The summed E-state index contributed by atoms with van der Waals surface area (Å²) in [5, 5.41) is 8.79. The lowest BCUT2D eigenvalue weighted by Crippen LogP contribution is -2.28. The van der Waals surface area contributed by atoms with Gasteiger partial charge in [0.15, 0.2) is 0 Å². The lowest BCUT2D eigenvalue weighted by Gasteiger charge is -2.17. The number of benzene rings is 1. The maximum Gasteiger partial charge on any atom is 0.240 e. The summed E-state index contributed by atoms with van der Waals surface area (Å²) in [6.07, 6.45) is 0.723. The lowest BCUT2D eigenvalue weighted by atomic mass is 10.3. The number of halogens is 1. The van der Waals surface area contributed by atoms with Crippen LogP contribution in [0.2, 0.25) is 5.02 Å². The summed E-state index contributed by atoms with van der Waals surface area (Å²) < 4.78 is 1.40. The zero-order valence-electron chi connectivity index (χ0n) is 11.4. The fourth-order valence-electron chi connectivity index (χ4n) is 2.23. The highest BCUT2D eigenvalue weighted by atomic mass is 35.5. The van der Waals surface area contributed by atoms with Gasteiger partial charge in [0.25, 0.3) is 0 Å². The number of hydrogen-bond acceptors (Lipinski definition) is 5. The lowest BCUT2D eigenvalue weighted by molar-refractivity contribution is -0.116. The first kappa shape index (κ1) is 14.2. The summed E-state index contributed by atoms with van der Waals surface area (Å²) in [4.78, 5) is 14.2. The second-order valence-corrected chi connectivity index (χ2v) is 6.31. The first-order chi connectivity index (χ1) is 10.1. The predicted octanol–water partition coefficient (Wildman–Crippen LogP) is 1.85. The van der Waals surface area contributed by atoms with Crippen LogP contribution in [0.25, 0.3) is 0 Å². The number of nitrogens with two attached hydrogens (primary N) is 1. The van der Waals surface area contributed by atoms with Crippen LogP contribution in [0.1, 0.15) is 12.2 Å². The summed E-state index contributed by atoms with van der Waals surface area (Å²) >= 11 is 7.50. The van der Waals surface area contributed by atoms with E-state index in [4.69, 9.17) is 17.4 Å². The van der Waals surface area contributed by atoms with Crippen molar-refractivity contribution in [3.05, 3.63) is 35.1 Å². The monoisotopic (exact) mass is 323 g/mol. The largest absolute Gasteiger partial charge is 0.336 e. The van der Waals surface area contributed by atoms with E-state index in [2.05, 4.69) is 10.2 Å². The van der Waals surface area contributed by atoms with Crippen LogP contribution in [0.3, 0.4) is 0 Å². The molecule has 1 aliphatic rings. The fraction of sp³-hybridized carbons (Fsp3) is 0.308. The molecule has 0 spiro atoms. The van der Waals surface area contributed by atoms with Crippen molar-refractivity contribution in [2.75, 3.05) is 17.3 Å². The second kappa shape index (κ2) is 5.57. The molecule has 2 heterocycles. The van der Waals surface area contributed by atoms with Crippen molar-refractivity contribution in [3.63, 3.8) is 0 Å². The van der Waals surface area contributed by atoms with Gasteiger partial charge in [-0.25, -0.2) is 4.68 Å². The zero-order valence-corrected chi connectivity index (χ0v) is 12.9. The van der Waals surface area contributed by atoms with Crippen molar-refractivity contribution < 1.29 is 4.79 Å². The molecule has 3 rings (SSSR count). The van der Waals surface area contributed by atoms with Crippen molar-refractivity contribution in [2.45, 2.75) is 23.8 Å². The molecule has 1 fully saturated rings. The quantitative estimate of drug-likeness (QED) is 0.872. The highest BCUT2D eigenvalue weighted by molar-refractivity contribution is 8.00. The van der Waals surface area contributed by atoms with Crippen molar-refractivity contribution in [2.24, 2.45) is 0 Å². The first-order valence-corrected chi connectivity index (χ1v) is 7.73. The normalized spacial score (nSPS) is 18.5. The Morgan fingerprint density at radius 3 is 2.81 bits per heavy atom. The number of carbonyl (C=O) groups is 1. The van der Waals surface area contributed by atoms with E-state index in [-0.39, 0.29) is 11.2 Å². The number of amides is 1. The van der Waals surface area contributed by atoms with Crippen molar-refractivity contribution in [1.29, 1.82) is 0 Å². The van der Waals surface area contributed by atoms with Crippen LogP contribution in [0.5, 0.6) is 0 Å². The van der Waals surface area contributed by atoms with Gasteiger partial charge in [0.1, 0.15) is 5.82 Å². The molecule has 0 saturated carbocycles. The minimum absolute atomic E-state index is 0.0220. The highest BCUT2D eigenvalue weighted by Gasteiger charge is 2.35. The van der Waals surface area contributed by atoms with Gasteiger partial charge in [0.2, 0.25) is 11.1 Å². The van der Waals surface area contributed by atoms with E-state index in [1.165, 1.54) is 16.4 Å². The number of anilines is 1. The van der Waals surface area contributed by atoms with E-state index in [1.54, 1.807) is 17.9 Å². The van der Waals surface area contributed by atoms with E-state index in [1.807, 2.05) is 18.2 Å². The van der Waals surface area contributed by atoms with Crippen LogP contribution in [-0.2, 0) is 4.79 Å². The Hall–Kier alpha value is -1.73. The number of para-hydroxylation sites is 1. The standard InChI is InChI=1S/C13H14ClN5OS/c1-8-16-17-13(19(8)15)21-11-6-7-18(12(11)20)10-5-3-2-4-9(10)14/h2-5,11H,6-7,15H2,1H3/t11-/m0/s1. The van der Waals surface area contributed by atoms with Crippen LogP contribution >= 0.6 is 23.4 Å². The van der Waals surface area contributed by atoms with Crippen molar-refractivity contribution in [3.8, 4) is 0 Å². The molecule has 1 aliphatic heterocycles. The topological polar surface area (TPSA) is 77.0 Å². The van der Waals surface area contributed by atoms with Crippen LogP contribution in [-0.4, -0.2) is 32.6 Å². The summed E-state index contributed by atoms with van der Waals surface area (Å²) in [6.45, 7) is 2.40. The molecule has 0 aliphatic carbocycles. The third kappa shape index (κ3) is 2.58. The van der Waals surface area contributed by atoms with E-state index in [0.717, 1.165) is 12.1 Å². The smallest absolute Gasteiger partial charge is 0.240 e. The van der Waals surface area contributed by atoms with Crippen LogP contribution in [0, 0.1) is 6.92 Å². The molecule has 21 heavy (non-hydrogen) atoms. The summed E-state index contributed by atoms with van der Waals surface area (Å²) in [6, 6.07) is 7.35. The maximum absolute atomic E-state index is 12.5. The van der Waals surface area contributed by atoms with Gasteiger partial charge < -0.3 is 10.7 Å². The Kier molecular flexibility index (Phi) is 3.77. The molecular formula is C13H14ClN5OS. The minimum Gasteiger partial charge on any atom is -0.336 e. The van der Waals surface area contributed by atoms with Gasteiger partial charge in [0, 0.05) is 6.54 Å². The molecule has 1 aromatic carbocycles. The number of carbonyl (C=O) groups excluding carboxylic acids is 1. The molecule has 0 bridgehead atoms. The third-order valence-electron chi connectivity index (χ3n) is 3.38. The van der Waals surface area contributed by atoms with Gasteiger partial charge in [-0.15, -0.1) is 10.2 Å². The van der Waals surface area contributed by atoms with E-state index in [0.29, 0.717) is 22.5 Å². The van der Waals surface area contributed by atoms with Crippen LogP contribution in [0.15, 0.2) is 29.4 Å². The molecule has 0 radical (unpaired) electrons. The highest BCUT2D eigenvalue weighted by Crippen LogP contribution is 2.34. The number of nitrogens with zero attached hydrogens (tertiary/aromatic N) is 4. The number of thioether (sulfide) groups is 1. The van der Waals surface area contributed by atoms with Crippen LogP contribution in [0.4, 0.5) is 5.69 Å². The minimum atomic E-state index is -0.216. The maximum atomic E-state index is 12.5. The van der Waals surface area contributed by atoms with Gasteiger partial charge >= 0.3 is 0 Å². The Bertz CT molecular complexity index is 689. The van der Waals surface area contributed by atoms with Gasteiger partial charge in [-0.05, 0) is 25.5 Å². The fourth-order valence-corrected chi connectivity index (χ4v) is 3.51. The van der Waals surface area contributed by atoms with Crippen molar-refractivity contribution >= 4 is 35.0 Å². The molecule has 2 aromatic rings. The molecule has 1 amide bonds. The van der Waals surface area contributed by atoms with Crippen LogP contribution < -0.4 is 10.7 Å².